The standard InChI is InChI=1S/C40H26N2O2/c1-4-10-25(11-5-1)28-16-18-36-30(20-28)32-22-33-31-21-29(17-19-37(31)44-39(33)24-38(32)43-36)35-23-34(26-12-6-2-7-13-26)41-40(42-35)27-14-8-3-9-15-27/h1-6,8-12,14-24H,7,13H2. The van der Waals surface area contributed by atoms with Crippen molar-refractivity contribution in [2.45, 2.75) is 12.8 Å². The zero-order chi connectivity index (χ0) is 29.0. The Kier molecular flexibility index (Phi) is 5.60. The van der Waals surface area contributed by atoms with Gasteiger partial charge >= 0.3 is 0 Å². The molecule has 208 valence electrons. The van der Waals surface area contributed by atoms with Gasteiger partial charge in [0.15, 0.2) is 5.82 Å². The Balaban J connectivity index is 1.22. The van der Waals surface area contributed by atoms with Gasteiger partial charge in [0.1, 0.15) is 22.3 Å². The molecule has 9 rings (SSSR count). The molecule has 0 saturated carbocycles. The highest BCUT2D eigenvalue weighted by Crippen LogP contribution is 2.39. The van der Waals surface area contributed by atoms with Gasteiger partial charge in [-0.1, -0.05) is 85.0 Å². The number of rotatable bonds is 4. The molecule has 0 radical (unpaired) electrons. The lowest BCUT2D eigenvalue weighted by atomic mass is 9.99. The topological polar surface area (TPSA) is 52.1 Å². The summed E-state index contributed by atoms with van der Waals surface area (Å²) in [6.07, 6.45) is 8.47. The zero-order valence-corrected chi connectivity index (χ0v) is 23.8. The largest absolute Gasteiger partial charge is 0.456 e. The van der Waals surface area contributed by atoms with Crippen LogP contribution >= 0.6 is 0 Å². The molecular weight excluding hydrogens is 540 g/mol. The van der Waals surface area contributed by atoms with E-state index >= 15 is 0 Å². The lowest BCUT2D eigenvalue weighted by Crippen LogP contribution is -1.99. The van der Waals surface area contributed by atoms with Crippen molar-refractivity contribution in [2.75, 3.05) is 0 Å². The lowest BCUT2D eigenvalue weighted by Gasteiger charge is -2.12. The van der Waals surface area contributed by atoms with Crippen molar-refractivity contribution < 1.29 is 8.83 Å². The van der Waals surface area contributed by atoms with Crippen molar-refractivity contribution in [1.82, 2.24) is 9.97 Å². The number of hydrogen-bond donors (Lipinski definition) is 0. The highest BCUT2D eigenvalue weighted by Gasteiger charge is 2.17. The molecule has 0 bridgehead atoms. The molecule has 0 spiro atoms. The highest BCUT2D eigenvalue weighted by molar-refractivity contribution is 6.16. The third kappa shape index (κ3) is 4.15. The van der Waals surface area contributed by atoms with Crippen LogP contribution in [0.1, 0.15) is 18.5 Å². The maximum atomic E-state index is 6.34. The Morgan fingerprint density at radius 1 is 0.477 bits per heavy atom. The Labute approximate surface area is 253 Å². The van der Waals surface area contributed by atoms with Crippen LogP contribution < -0.4 is 0 Å². The molecule has 3 aromatic heterocycles. The van der Waals surface area contributed by atoms with Gasteiger partial charge in [-0.15, -0.1) is 0 Å². The van der Waals surface area contributed by atoms with E-state index in [2.05, 4.69) is 97.1 Å². The molecule has 8 aromatic rings. The maximum Gasteiger partial charge on any atom is 0.160 e. The molecule has 0 fully saturated rings. The molecule has 1 aliphatic carbocycles. The van der Waals surface area contributed by atoms with E-state index in [9.17, 15) is 0 Å². The molecule has 0 saturated heterocycles. The van der Waals surface area contributed by atoms with Crippen LogP contribution in [-0.4, -0.2) is 9.97 Å². The van der Waals surface area contributed by atoms with Crippen LogP contribution in [0.2, 0.25) is 0 Å². The van der Waals surface area contributed by atoms with E-state index in [4.69, 9.17) is 18.8 Å². The summed E-state index contributed by atoms with van der Waals surface area (Å²) in [5.74, 6) is 0.728. The highest BCUT2D eigenvalue weighted by atomic mass is 16.3. The fourth-order valence-electron chi connectivity index (χ4n) is 6.31. The van der Waals surface area contributed by atoms with Gasteiger partial charge in [0, 0.05) is 38.7 Å². The summed E-state index contributed by atoms with van der Waals surface area (Å²) in [5.41, 5.74) is 10.8. The summed E-state index contributed by atoms with van der Waals surface area (Å²) < 4.78 is 12.6. The molecule has 0 N–H and O–H groups in total. The lowest BCUT2D eigenvalue weighted by molar-refractivity contribution is 0.656. The van der Waals surface area contributed by atoms with Crippen molar-refractivity contribution in [3.05, 3.63) is 139 Å². The molecule has 44 heavy (non-hydrogen) atoms. The van der Waals surface area contributed by atoms with Crippen molar-refractivity contribution in [3.8, 4) is 33.8 Å². The molecule has 0 amide bonds. The summed E-state index contributed by atoms with van der Waals surface area (Å²) in [4.78, 5) is 10.1. The van der Waals surface area contributed by atoms with E-state index in [-0.39, 0.29) is 0 Å². The van der Waals surface area contributed by atoms with Gasteiger partial charge in [-0.05, 0) is 72.0 Å². The number of furan rings is 2. The van der Waals surface area contributed by atoms with E-state index in [0.29, 0.717) is 0 Å². The number of allylic oxidation sites excluding steroid dienone is 4. The van der Waals surface area contributed by atoms with Crippen LogP contribution in [0.3, 0.4) is 0 Å². The van der Waals surface area contributed by atoms with Gasteiger partial charge in [0.25, 0.3) is 0 Å². The van der Waals surface area contributed by atoms with Crippen LogP contribution in [-0.2, 0) is 0 Å². The number of hydrogen-bond acceptors (Lipinski definition) is 4. The molecule has 3 heterocycles. The molecule has 0 aliphatic heterocycles. The monoisotopic (exact) mass is 566 g/mol. The third-order valence-electron chi connectivity index (χ3n) is 8.56. The first-order valence-electron chi connectivity index (χ1n) is 15.0. The second kappa shape index (κ2) is 9.92. The molecule has 0 atom stereocenters. The molecule has 4 nitrogen and oxygen atoms in total. The second-order valence-corrected chi connectivity index (χ2v) is 11.3. The second-order valence-electron chi connectivity index (χ2n) is 11.3. The van der Waals surface area contributed by atoms with Crippen LogP contribution in [0.25, 0.3) is 83.2 Å². The van der Waals surface area contributed by atoms with E-state index in [1.165, 1.54) is 11.1 Å². The van der Waals surface area contributed by atoms with E-state index < -0.39 is 0 Å². The predicted octanol–water partition coefficient (Wildman–Crippen LogP) is 11.0. The SMILES string of the molecule is C1=CCCC(c2cc(-c3ccc4oc5cc6oc7ccc(-c8ccccc8)cc7c6cc5c4c3)nc(-c3ccccc3)n2)=C1. The quantitative estimate of drug-likeness (QED) is 0.213. The maximum absolute atomic E-state index is 6.34. The van der Waals surface area contributed by atoms with Crippen LogP contribution in [0.4, 0.5) is 0 Å². The zero-order valence-electron chi connectivity index (χ0n) is 23.8. The van der Waals surface area contributed by atoms with E-state index in [1.807, 2.05) is 36.4 Å². The van der Waals surface area contributed by atoms with Crippen molar-refractivity contribution in [3.63, 3.8) is 0 Å². The van der Waals surface area contributed by atoms with E-state index in [1.54, 1.807) is 0 Å². The number of nitrogens with zero attached hydrogens (tertiary/aromatic N) is 2. The minimum atomic E-state index is 0.728. The van der Waals surface area contributed by atoms with Crippen LogP contribution in [0.15, 0.2) is 142 Å². The molecule has 1 aliphatic rings. The number of benzene rings is 5. The van der Waals surface area contributed by atoms with Gasteiger partial charge in [-0.3, -0.25) is 0 Å². The minimum Gasteiger partial charge on any atom is -0.456 e. The molecular formula is C40H26N2O2. The number of aromatic nitrogens is 2. The summed E-state index contributed by atoms with van der Waals surface area (Å²) in [6.45, 7) is 0. The van der Waals surface area contributed by atoms with Gasteiger partial charge in [0.2, 0.25) is 0 Å². The van der Waals surface area contributed by atoms with Crippen LogP contribution in [0.5, 0.6) is 0 Å². The minimum absolute atomic E-state index is 0.728. The summed E-state index contributed by atoms with van der Waals surface area (Å²) in [5, 5.41) is 4.27. The first-order valence-corrected chi connectivity index (χ1v) is 15.0. The Morgan fingerprint density at radius 2 is 1.09 bits per heavy atom. The van der Waals surface area contributed by atoms with Gasteiger partial charge in [-0.25, -0.2) is 9.97 Å². The normalized spacial score (nSPS) is 13.3. The third-order valence-corrected chi connectivity index (χ3v) is 8.56. The van der Waals surface area contributed by atoms with Crippen molar-refractivity contribution in [1.29, 1.82) is 0 Å². The fourth-order valence-corrected chi connectivity index (χ4v) is 6.31. The Hall–Kier alpha value is -5.74. The molecule has 0 unspecified atom stereocenters. The average Bonchev–Trinajstić information content (AvgIpc) is 3.64. The van der Waals surface area contributed by atoms with E-state index in [0.717, 1.165) is 90.6 Å². The Bertz CT molecular complexity index is 2430. The summed E-state index contributed by atoms with van der Waals surface area (Å²) in [6, 6.07) is 39.7. The molecule has 4 heteroatoms. The van der Waals surface area contributed by atoms with Gasteiger partial charge in [0.05, 0.1) is 11.4 Å². The first-order chi connectivity index (χ1) is 21.8. The molecule has 5 aromatic carbocycles. The summed E-state index contributed by atoms with van der Waals surface area (Å²) >= 11 is 0. The van der Waals surface area contributed by atoms with Crippen molar-refractivity contribution in [2.24, 2.45) is 0 Å². The number of fused-ring (bicyclic) bond motifs is 6. The summed E-state index contributed by atoms with van der Waals surface area (Å²) in [7, 11) is 0. The Morgan fingerprint density at radius 3 is 1.77 bits per heavy atom. The predicted molar refractivity (Wildman–Crippen MR) is 179 cm³/mol. The van der Waals surface area contributed by atoms with Gasteiger partial charge in [-0.2, -0.15) is 0 Å². The van der Waals surface area contributed by atoms with Crippen LogP contribution in [0, 0.1) is 0 Å². The van der Waals surface area contributed by atoms with Gasteiger partial charge < -0.3 is 8.83 Å². The average molecular weight is 567 g/mol. The smallest absolute Gasteiger partial charge is 0.160 e. The first kappa shape index (κ1) is 24.8. The fraction of sp³-hybridized carbons (Fsp3) is 0.0500. The van der Waals surface area contributed by atoms with Crippen molar-refractivity contribution >= 4 is 49.5 Å².